The van der Waals surface area contributed by atoms with Gasteiger partial charge in [-0.05, 0) is 26.2 Å². The molecule has 0 amide bonds. The number of hydrogen-bond donors (Lipinski definition) is 1. The second-order valence-electron chi connectivity index (χ2n) is 4.20. The zero-order valence-corrected chi connectivity index (χ0v) is 9.83. The van der Waals surface area contributed by atoms with Gasteiger partial charge in [0.05, 0.1) is 6.10 Å². The zero-order valence-electron chi connectivity index (χ0n) is 9.83. The Balaban J connectivity index is 2.04. The van der Waals surface area contributed by atoms with Gasteiger partial charge < -0.3 is 19.9 Å². The Morgan fingerprint density at radius 1 is 1.40 bits per heavy atom. The molecule has 2 unspecified atom stereocenters. The first-order valence-electron chi connectivity index (χ1n) is 5.66. The Labute approximate surface area is 92.1 Å². The van der Waals surface area contributed by atoms with Crippen molar-refractivity contribution in [3.8, 4) is 0 Å². The molecule has 0 aliphatic carbocycles. The van der Waals surface area contributed by atoms with Crippen LogP contribution in [0.1, 0.15) is 26.2 Å². The Kier molecular flexibility index (Phi) is 5.53. The topological polar surface area (TPSA) is 53.7 Å². The van der Waals surface area contributed by atoms with Crippen molar-refractivity contribution in [2.45, 2.75) is 37.8 Å². The fourth-order valence-electron chi connectivity index (χ4n) is 1.79. The summed E-state index contributed by atoms with van der Waals surface area (Å²) in [6.45, 7) is 5.04. The predicted octanol–water partition coefficient (Wildman–Crippen LogP) is 0.936. The highest BCUT2D eigenvalue weighted by Crippen LogP contribution is 2.26. The van der Waals surface area contributed by atoms with Crippen molar-refractivity contribution >= 4 is 0 Å². The van der Waals surface area contributed by atoms with E-state index >= 15 is 0 Å². The Bertz CT molecular complexity index is 177. The molecular weight excluding hydrogens is 194 g/mol. The van der Waals surface area contributed by atoms with Gasteiger partial charge in [0.15, 0.2) is 0 Å². The third-order valence-corrected chi connectivity index (χ3v) is 3.09. The summed E-state index contributed by atoms with van der Waals surface area (Å²) in [6, 6.07) is 0. The quantitative estimate of drug-likeness (QED) is 0.645. The molecule has 2 N–H and O–H groups in total. The third-order valence-electron chi connectivity index (χ3n) is 3.09. The van der Waals surface area contributed by atoms with Crippen LogP contribution in [0.15, 0.2) is 0 Å². The molecule has 0 saturated carbocycles. The van der Waals surface area contributed by atoms with Gasteiger partial charge >= 0.3 is 0 Å². The second-order valence-corrected chi connectivity index (χ2v) is 4.20. The van der Waals surface area contributed by atoms with E-state index in [1.807, 2.05) is 6.92 Å². The van der Waals surface area contributed by atoms with E-state index in [1.165, 1.54) is 0 Å². The van der Waals surface area contributed by atoms with Crippen molar-refractivity contribution in [3.63, 3.8) is 0 Å². The van der Waals surface area contributed by atoms with Gasteiger partial charge in [-0.25, -0.2) is 0 Å². The molecule has 0 radical (unpaired) electrons. The summed E-state index contributed by atoms with van der Waals surface area (Å²) in [6.07, 6.45) is 2.91. The number of ether oxygens (including phenoxy) is 3. The molecule has 1 aliphatic heterocycles. The van der Waals surface area contributed by atoms with Crippen LogP contribution in [0.25, 0.3) is 0 Å². The molecule has 1 heterocycles. The summed E-state index contributed by atoms with van der Waals surface area (Å²) in [7, 11) is 1.70. The molecule has 1 fully saturated rings. The molecule has 0 aromatic heterocycles. The van der Waals surface area contributed by atoms with Gasteiger partial charge in [-0.3, -0.25) is 0 Å². The summed E-state index contributed by atoms with van der Waals surface area (Å²) in [5.74, 6) is 0. The van der Waals surface area contributed by atoms with E-state index < -0.39 is 0 Å². The van der Waals surface area contributed by atoms with Crippen molar-refractivity contribution in [3.05, 3.63) is 0 Å². The molecule has 4 nitrogen and oxygen atoms in total. The van der Waals surface area contributed by atoms with Crippen molar-refractivity contribution in [2.24, 2.45) is 5.73 Å². The Morgan fingerprint density at radius 3 is 2.80 bits per heavy atom. The fraction of sp³-hybridized carbons (Fsp3) is 1.00. The van der Waals surface area contributed by atoms with Gasteiger partial charge in [0, 0.05) is 39.1 Å². The monoisotopic (exact) mass is 217 g/mol. The van der Waals surface area contributed by atoms with Crippen molar-refractivity contribution in [1.29, 1.82) is 0 Å². The smallest absolute Gasteiger partial charge is 0.0728 e. The number of hydrogen-bond acceptors (Lipinski definition) is 4. The maximum Gasteiger partial charge on any atom is 0.0728 e. The fourth-order valence-corrected chi connectivity index (χ4v) is 1.79. The van der Waals surface area contributed by atoms with E-state index in [4.69, 9.17) is 19.9 Å². The lowest BCUT2D eigenvalue weighted by Gasteiger charge is -2.27. The summed E-state index contributed by atoms with van der Waals surface area (Å²) >= 11 is 0. The average molecular weight is 217 g/mol. The average Bonchev–Trinajstić information content (AvgIpc) is 2.54. The molecule has 1 saturated heterocycles. The molecule has 15 heavy (non-hydrogen) atoms. The first-order valence-corrected chi connectivity index (χ1v) is 5.66. The molecule has 0 aromatic carbocycles. The maximum atomic E-state index is 6.21. The minimum atomic E-state index is -0.179. The lowest BCUT2D eigenvalue weighted by Crippen LogP contribution is -2.46. The van der Waals surface area contributed by atoms with E-state index in [0.29, 0.717) is 6.61 Å². The van der Waals surface area contributed by atoms with Crippen molar-refractivity contribution in [1.82, 2.24) is 0 Å². The van der Waals surface area contributed by atoms with E-state index in [0.717, 1.165) is 39.1 Å². The summed E-state index contributed by atoms with van der Waals surface area (Å²) in [5.41, 5.74) is 6.03. The molecule has 0 bridgehead atoms. The Morgan fingerprint density at radius 2 is 2.20 bits per heavy atom. The van der Waals surface area contributed by atoms with E-state index in [2.05, 4.69) is 0 Å². The third kappa shape index (κ3) is 4.07. The normalized spacial score (nSPS) is 31.0. The van der Waals surface area contributed by atoms with Gasteiger partial charge in [0.1, 0.15) is 0 Å². The number of methoxy groups -OCH3 is 1. The number of rotatable bonds is 7. The van der Waals surface area contributed by atoms with E-state index in [9.17, 15) is 0 Å². The first kappa shape index (κ1) is 12.9. The van der Waals surface area contributed by atoms with E-state index in [1.54, 1.807) is 7.11 Å². The summed E-state index contributed by atoms with van der Waals surface area (Å²) in [5, 5.41) is 0. The van der Waals surface area contributed by atoms with Crippen LogP contribution in [0.3, 0.4) is 0 Å². The van der Waals surface area contributed by atoms with Crippen molar-refractivity contribution in [2.75, 3.05) is 33.5 Å². The summed E-state index contributed by atoms with van der Waals surface area (Å²) < 4.78 is 15.9. The highest BCUT2D eigenvalue weighted by atomic mass is 16.5. The lowest BCUT2D eigenvalue weighted by atomic mass is 9.90. The minimum absolute atomic E-state index is 0.153. The Hall–Kier alpha value is -0.160. The second kappa shape index (κ2) is 6.43. The molecule has 90 valence electrons. The SMILES string of the molecule is COCCCOCCC1(N)CCOC1C. The van der Waals surface area contributed by atoms with E-state index in [-0.39, 0.29) is 11.6 Å². The van der Waals surface area contributed by atoms with Gasteiger partial charge in [0.2, 0.25) is 0 Å². The largest absolute Gasteiger partial charge is 0.385 e. The summed E-state index contributed by atoms with van der Waals surface area (Å²) in [4.78, 5) is 0. The van der Waals surface area contributed by atoms with Crippen LogP contribution >= 0.6 is 0 Å². The standard InChI is InChI=1S/C11H23NO3/c1-10-11(12,5-9-15-10)4-8-14-7-3-6-13-2/h10H,3-9,12H2,1-2H3. The molecule has 4 heteroatoms. The highest BCUT2D eigenvalue weighted by Gasteiger charge is 2.37. The highest BCUT2D eigenvalue weighted by molar-refractivity contribution is 4.94. The van der Waals surface area contributed by atoms with Gasteiger partial charge in [-0.1, -0.05) is 0 Å². The minimum Gasteiger partial charge on any atom is -0.385 e. The molecular formula is C11H23NO3. The molecule has 0 aromatic rings. The van der Waals surface area contributed by atoms with Crippen LogP contribution in [-0.2, 0) is 14.2 Å². The van der Waals surface area contributed by atoms with Crippen LogP contribution in [0.5, 0.6) is 0 Å². The maximum absolute atomic E-state index is 6.21. The van der Waals surface area contributed by atoms with Crippen LogP contribution < -0.4 is 5.73 Å². The van der Waals surface area contributed by atoms with Gasteiger partial charge in [0.25, 0.3) is 0 Å². The van der Waals surface area contributed by atoms with Crippen molar-refractivity contribution < 1.29 is 14.2 Å². The molecule has 1 aliphatic rings. The predicted molar refractivity (Wildman–Crippen MR) is 58.9 cm³/mol. The van der Waals surface area contributed by atoms with Gasteiger partial charge in [-0.15, -0.1) is 0 Å². The number of nitrogens with two attached hydrogens (primary N) is 1. The first-order chi connectivity index (χ1) is 7.19. The lowest BCUT2D eigenvalue weighted by molar-refractivity contribution is 0.0621. The van der Waals surface area contributed by atoms with Crippen LogP contribution in [-0.4, -0.2) is 45.2 Å². The van der Waals surface area contributed by atoms with Gasteiger partial charge in [-0.2, -0.15) is 0 Å². The molecule has 1 rings (SSSR count). The van der Waals surface area contributed by atoms with Crippen LogP contribution in [0, 0.1) is 0 Å². The zero-order chi connectivity index (χ0) is 11.1. The van der Waals surface area contributed by atoms with Crippen LogP contribution in [0.2, 0.25) is 0 Å². The molecule has 2 atom stereocenters. The molecule has 0 spiro atoms. The van der Waals surface area contributed by atoms with Crippen LogP contribution in [0.4, 0.5) is 0 Å².